The highest BCUT2D eigenvalue weighted by atomic mass is 16.5. The van der Waals surface area contributed by atoms with Gasteiger partial charge in [0.15, 0.2) is 0 Å². The van der Waals surface area contributed by atoms with Gasteiger partial charge in [-0.1, -0.05) is 5.57 Å². The third kappa shape index (κ3) is 4.44. The third-order valence-electron chi connectivity index (χ3n) is 2.53. The predicted molar refractivity (Wildman–Crippen MR) is 53.6 cm³/mol. The largest absolute Gasteiger partial charge is 0.393 e. The van der Waals surface area contributed by atoms with E-state index in [4.69, 9.17) is 4.74 Å². The molecule has 0 radical (unpaired) electrons. The standard InChI is InChI=1S/C11H20O2/c1-9(2)3-4-11(12)7-10-5-6-13-8-10/h10-12H,1,3-8H2,2H3. The SMILES string of the molecule is C=C(C)CCC(O)CC1CCOC1. The van der Waals surface area contributed by atoms with E-state index < -0.39 is 0 Å². The molecular formula is C11H20O2. The molecule has 2 heteroatoms. The van der Waals surface area contributed by atoms with Crippen LogP contribution in [-0.4, -0.2) is 24.4 Å². The Balaban J connectivity index is 2.09. The molecule has 2 atom stereocenters. The van der Waals surface area contributed by atoms with Crippen molar-refractivity contribution >= 4 is 0 Å². The van der Waals surface area contributed by atoms with Crippen LogP contribution in [0.3, 0.4) is 0 Å². The lowest BCUT2D eigenvalue weighted by Gasteiger charge is -2.13. The van der Waals surface area contributed by atoms with Crippen LogP contribution in [0.5, 0.6) is 0 Å². The van der Waals surface area contributed by atoms with E-state index in [2.05, 4.69) is 6.58 Å². The molecule has 2 nitrogen and oxygen atoms in total. The Labute approximate surface area is 80.6 Å². The van der Waals surface area contributed by atoms with Crippen LogP contribution in [0.4, 0.5) is 0 Å². The molecule has 1 aliphatic rings. The lowest BCUT2D eigenvalue weighted by Crippen LogP contribution is -2.13. The number of aliphatic hydroxyl groups excluding tert-OH is 1. The molecule has 1 N–H and O–H groups in total. The average Bonchev–Trinajstić information content (AvgIpc) is 2.53. The molecule has 1 aliphatic heterocycles. The summed E-state index contributed by atoms with van der Waals surface area (Å²) in [7, 11) is 0. The molecule has 2 unspecified atom stereocenters. The first kappa shape index (κ1) is 10.7. The first-order valence-electron chi connectivity index (χ1n) is 5.08. The lowest BCUT2D eigenvalue weighted by molar-refractivity contribution is 0.122. The topological polar surface area (TPSA) is 29.5 Å². The van der Waals surface area contributed by atoms with Crippen LogP contribution in [0.2, 0.25) is 0 Å². The molecule has 0 saturated carbocycles. The number of rotatable bonds is 5. The van der Waals surface area contributed by atoms with Crippen LogP contribution < -0.4 is 0 Å². The second-order valence-electron chi connectivity index (χ2n) is 4.11. The number of hydrogen-bond donors (Lipinski definition) is 1. The summed E-state index contributed by atoms with van der Waals surface area (Å²) in [6.45, 7) is 7.54. The fraction of sp³-hybridized carbons (Fsp3) is 0.818. The van der Waals surface area contributed by atoms with Crippen LogP contribution >= 0.6 is 0 Å². The molecule has 13 heavy (non-hydrogen) atoms. The third-order valence-corrected chi connectivity index (χ3v) is 2.53. The smallest absolute Gasteiger partial charge is 0.0546 e. The molecule has 0 amide bonds. The van der Waals surface area contributed by atoms with Gasteiger partial charge in [0, 0.05) is 13.2 Å². The number of hydrogen-bond acceptors (Lipinski definition) is 2. The van der Waals surface area contributed by atoms with Crippen LogP contribution in [0.25, 0.3) is 0 Å². The van der Waals surface area contributed by atoms with Gasteiger partial charge in [0.2, 0.25) is 0 Å². The minimum Gasteiger partial charge on any atom is -0.393 e. The van der Waals surface area contributed by atoms with Crippen molar-refractivity contribution in [2.24, 2.45) is 5.92 Å². The van der Waals surface area contributed by atoms with Crippen LogP contribution in [0.15, 0.2) is 12.2 Å². The molecule has 1 heterocycles. The molecule has 1 saturated heterocycles. The van der Waals surface area contributed by atoms with Crippen molar-refractivity contribution in [2.75, 3.05) is 13.2 Å². The first-order valence-corrected chi connectivity index (χ1v) is 5.08. The van der Waals surface area contributed by atoms with Gasteiger partial charge in [-0.3, -0.25) is 0 Å². The highest BCUT2D eigenvalue weighted by Crippen LogP contribution is 2.20. The normalized spacial score (nSPS) is 24.6. The van der Waals surface area contributed by atoms with Gasteiger partial charge in [0.25, 0.3) is 0 Å². The molecular weight excluding hydrogens is 164 g/mol. The highest BCUT2D eigenvalue weighted by Gasteiger charge is 2.18. The van der Waals surface area contributed by atoms with Crippen molar-refractivity contribution in [3.63, 3.8) is 0 Å². The van der Waals surface area contributed by atoms with Gasteiger partial charge in [-0.25, -0.2) is 0 Å². The van der Waals surface area contributed by atoms with Gasteiger partial charge in [0.05, 0.1) is 6.10 Å². The number of aliphatic hydroxyl groups is 1. The van der Waals surface area contributed by atoms with Gasteiger partial charge in [0.1, 0.15) is 0 Å². The van der Waals surface area contributed by atoms with E-state index in [0.717, 1.165) is 44.5 Å². The summed E-state index contributed by atoms with van der Waals surface area (Å²) in [5, 5.41) is 9.66. The zero-order chi connectivity index (χ0) is 9.68. The second kappa shape index (κ2) is 5.40. The van der Waals surface area contributed by atoms with E-state index in [1.807, 2.05) is 6.92 Å². The Bertz CT molecular complexity index is 159. The van der Waals surface area contributed by atoms with Crippen molar-refractivity contribution in [2.45, 2.75) is 38.7 Å². The summed E-state index contributed by atoms with van der Waals surface area (Å²) in [5.74, 6) is 0.583. The summed E-state index contributed by atoms with van der Waals surface area (Å²) >= 11 is 0. The Morgan fingerprint density at radius 1 is 1.69 bits per heavy atom. The minimum atomic E-state index is -0.164. The van der Waals surface area contributed by atoms with E-state index in [1.54, 1.807) is 0 Å². The van der Waals surface area contributed by atoms with Crippen LogP contribution in [0.1, 0.15) is 32.6 Å². The molecule has 0 aliphatic carbocycles. The molecule has 76 valence electrons. The summed E-state index contributed by atoms with van der Waals surface area (Å²) in [5.41, 5.74) is 1.15. The zero-order valence-electron chi connectivity index (χ0n) is 8.46. The summed E-state index contributed by atoms with van der Waals surface area (Å²) in [6, 6.07) is 0. The fourth-order valence-corrected chi connectivity index (χ4v) is 1.68. The Morgan fingerprint density at radius 2 is 2.46 bits per heavy atom. The Hall–Kier alpha value is -0.340. The summed E-state index contributed by atoms with van der Waals surface area (Å²) in [4.78, 5) is 0. The molecule has 0 spiro atoms. The number of ether oxygens (including phenoxy) is 1. The monoisotopic (exact) mass is 184 g/mol. The first-order chi connectivity index (χ1) is 6.18. The van der Waals surface area contributed by atoms with E-state index in [1.165, 1.54) is 0 Å². The maximum absolute atomic E-state index is 9.66. The minimum absolute atomic E-state index is 0.164. The molecule has 0 aromatic rings. The van der Waals surface area contributed by atoms with Crippen molar-refractivity contribution in [3.05, 3.63) is 12.2 Å². The van der Waals surface area contributed by atoms with Crippen molar-refractivity contribution < 1.29 is 9.84 Å². The van der Waals surface area contributed by atoms with Crippen molar-refractivity contribution in [1.29, 1.82) is 0 Å². The summed E-state index contributed by atoms with van der Waals surface area (Å²) < 4.78 is 5.25. The van der Waals surface area contributed by atoms with Gasteiger partial charge in [-0.05, 0) is 38.5 Å². The maximum Gasteiger partial charge on any atom is 0.0546 e. The van der Waals surface area contributed by atoms with E-state index in [0.29, 0.717) is 5.92 Å². The maximum atomic E-state index is 9.66. The fourth-order valence-electron chi connectivity index (χ4n) is 1.68. The van der Waals surface area contributed by atoms with Crippen LogP contribution in [0, 0.1) is 5.92 Å². The Kier molecular flexibility index (Phi) is 4.46. The molecule has 1 rings (SSSR count). The molecule has 1 fully saturated rings. The van der Waals surface area contributed by atoms with Crippen molar-refractivity contribution in [1.82, 2.24) is 0 Å². The average molecular weight is 184 g/mol. The highest BCUT2D eigenvalue weighted by molar-refractivity contribution is 4.88. The second-order valence-corrected chi connectivity index (χ2v) is 4.11. The van der Waals surface area contributed by atoms with E-state index >= 15 is 0 Å². The van der Waals surface area contributed by atoms with Gasteiger partial charge < -0.3 is 9.84 Å². The lowest BCUT2D eigenvalue weighted by atomic mass is 9.97. The summed E-state index contributed by atoms with van der Waals surface area (Å²) in [6.07, 6.45) is 3.64. The molecule has 0 aromatic heterocycles. The van der Waals surface area contributed by atoms with Gasteiger partial charge >= 0.3 is 0 Å². The quantitative estimate of drug-likeness (QED) is 0.663. The van der Waals surface area contributed by atoms with Crippen LogP contribution in [-0.2, 0) is 4.74 Å². The van der Waals surface area contributed by atoms with Crippen molar-refractivity contribution in [3.8, 4) is 0 Å². The Morgan fingerprint density at radius 3 is 3.00 bits per heavy atom. The van der Waals surface area contributed by atoms with E-state index in [9.17, 15) is 5.11 Å². The zero-order valence-corrected chi connectivity index (χ0v) is 8.46. The van der Waals surface area contributed by atoms with E-state index in [-0.39, 0.29) is 6.10 Å². The van der Waals surface area contributed by atoms with Gasteiger partial charge in [-0.2, -0.15) is 0 Å². The molecule has 0 bridgehead atoms. The number of allylic oxidation sites excluding steroid dienone is 1. The predicted octanol–water partition coefficient (Wildman–Crippen LogP) is 2.13. The molecule has 0 aromatic carbocycles. The van der Waals surface area contributed by atoms with Gasteiger partial charge in [-0.15, -0.1) is 6.58 Å².